The smallest absolute Gasteiger partial charge is 0.545 e. The van der Waals surface area contributed by atoms with E-state index >= 15 is 0 Å². The monoisotopic (exact) mass is 622 g/mol. The van der Waals surface area contributed by atoms with Crippen LogP contribution in [-0.2, 0) is 40.8 Å². The molecule has 0 saturated carbocycles. The summed E-state index contributed by atoms with van der Waals surface area (Å²) in [5.74, 6) is -1.88. The zero-order valence-electron chi connectivity index (χ0n) is 17.9. The van der Waals surface area contributed by atoms with Gasteiger partial charge < -0.3 is 39.5 Å². The minimum Gasteiger partial charge on any atom is -0.545 e. The second kappa shape index (κ2) is 24.4. The Labute approximate surface area is 224 Å². The number of benzene rings is 2. The van der Waals surface area contributed by atoms with Gasteiger partial charge in [0.05, 0.1) is 37.7 Å². The summed E-state index contributed by atoms with van der Waals surface area (Å²) >= 11 is 6.47. The number of ether oxygens (including phenoxy) is 2. The van der Waals surface area contributed by atoms with E-state index in [0.717, 1.165) is 33.6 Å². The number of aromatic hydroxyl groups is 2. The molecule has 2 rings (SSSR count). The molecule has 178 valence electrons. The average Bonchev–Trinajstić information content (AvgIpc) is 2.74. The molecule has 0 aliphatic heterocycles. The fraction of sp³-hybridized carbons (Fsp3) is 0.182. The molecule has 33 heavy (non-hydrogen) atoms. The van der Waals surface area contributed by atoms with Gasteiger partial charge in [-0.25, -0.2) is 0 Å². The number of aliphatic carboxylic acids is 2. The first kappa shape index (κ1) is 35.3. The first-order valence-electron chi connectivity index (χ1n) is 8.99. The van der Waals surface area contributed by atoms with E-state index in [4.69, 9.17) is 10.2 Å². The standard InChI is InChI=1S/2C6H5BrO.2C5H8O3.Ti/c2*7-5-1-3-6(8)4-2-5;2*1-2-8-4-3-5(6)7;/h2*1-4,8H;2*3-4H,2H2,1H3,(H,6,7);/q;;;;+2/p-2. The number of hydrogen-bond donors (Lipinski definition) is 2. The number of carbonyl (C=O) groups excluding carboxylic acids is 2. The van der Waals surface area contributed by atoms with Crippen molar-refractivity contribution in [3.05, 3.63) is 82.2 Å². The van der Waals surface area contributed by atoms with Gasteiger partial charge in [0.25, 0.3) is 0 Å². The minimum absolute atomic E-state index is 0. The molecule has 8 nitrogen and oxygen atoms in total. The van der Waals surface area contributed by atoms with Crippen LogP contribution in [0.4, 0.5) is 0 Å². The minimum atomic E-state index is -1.24. The molecule has 0 aromatic heterocycles. The van der Waals surface area contributed by atoms with Crippen LogP contribution in [-0.4, -0.2) is 35.4 Å². The molecule has 0 fully saturated rings. The van der Waals surface area contributed by atoms with Crippen LogP contribution in [0.1, 0.15) is 13.8 Å². The van der Waals surface area contributed by atoms with Crippen LogP contribution in [0.2, 0.25) is 0 Å². The fourth-order valence-corrected chi connectivity index (χ4v) is 1.81. The van der Waals surface area contributed by atoms with Crippen LogP contribution in [0, 0.1) is 0 Å². The van der Waals surface area contributed by atoms with Crippen molar-refractivity contribution in [2.75, 3.05) is 13.2 Å². The number of hydrogen-bond acceptors (Lipinski definition) is 8. The Hall–Kier alpha value is -2.27. The predicted octanol–water partition coefficient (Wildman–Crippen LogP) is 2.88. The van der Waals surface area contributed by atoms with E-state index in [0.29, 0.717) is 24.7 Å². The summed E-state index contributed by atoms with van der Waals surface area (Å²) in [6.07, 6.45) is 3.86. The maximum Gasteiger partial charge on any atom is 2.00 e. The van der Waals surface area contributed by atoms with Crippen molar-refractivity contribution in [1.82, 2.24) is 0 Å². The van der Waals surface area contributed by atoms with Gasteiger partial charge >= 0.3 is 21.7 Å². The molecule has 0 aliphatic rings. The summed E-state index contributed by atoms with van der Waals surface area (Å²) in [4.78, 5) is 19.2. The molecule has 0 radical (unpaired) electrons. The second-order valence-corrected chi connectivity index (χ2v) is 6.94. The van der Waals surface area contributed by atoms with Gasteiger partial charge in [0.2, 0.25) is 0 Å². The molecule has 0 aliphatic carbocycles. The van der Waals surface area contributed by atoms with Crippen molar-refractivity contribution in [3.8, 4) is 11.5 Å². The molecular formula is C22H24Br2O8Ti. The van der Waals surface area contributed by atoms with Gasteiger partial charge in [-0.1, -0.05) is 31.9 Å². The maximum absolute atomic E-state index is 9.60. The number of rotatable bonds is 6. The number of halogens is 2. The van der Waals surface area contributed by atoms with Crippen LogP contribution in [0.25, 0.3) is 0 Å². The van der Waals surface area contributed by atoms with Crippen LogP contribution < -0.4 is 10.2 Å². The molecule has 0 spiro atoms. The quantitative estimate of drug-likeness (QED) is 0.285. The Morgan fingerprint density at radius 2 is 1.03 bits per heavy atom. The number of carboxylic acids is 2. The van der Waals surface area contributed by atoms with E-state index in [-0.39, 0.29) is 21.7 Å². The number of phenolic OH excluding ortho intramolecular Hbond substituents is 2. The van der Waals surface area contributed by atoms with Gasteiger partial charge in [0.1, 0.15) is 11.5 Å². The third-order valence-electron chi connectivity index (χ3n) is 2.59. The normalized spacial score (nSPS) is 9.09. The number of carboxylic acid groups (broad SMARTS) is 2. The second-order valence-electron chi connectivity index (χ2n) is 5.11. The zero-order chi connectivity index (χ0) is 24.8. The number of phenols is 2. The largest absolute Gasteiger partial charge is 2.00 e. The first-order valence-corrected chi connectivity index (χ1v) is 10.6. The molecule has 0 unspecified atom stereocenters. The molecule has 2 aromatic carbocycles. The molecule has 2 aromatic rings. The number of carbonyl (C=O) groups is 2. The molecule has 2 N–H and O–H groups in total. The Kier molecular flexibility index (Phi) is 26.1. The van der Waals surface area contributed by atoms with Gasteiger partial charge in [-0.3, -0.25) is 0 Å². The van der Waals surface area contributed by atoms with E-state index < -0.39 is 11.9 Å². The Balaban J connectivity index is -0.000000360. The summed E-state index contributed by atoms with van der Waals surface area (Å²) in [6, 6.07) is 13.7. The molecule has 0 amide bonds. The van der Waals surface area contributed by atoms with E-state index in [1.165, 1.54) is 0 Å². The topological polar surface area (TPSA) is 139 Å². The van der Waals surface area contributed by atoms with E-state index in [2.05, 4.69) is 41.3 Å². The molecule has 0 saturated heterocycles. The predicted molar refractivity (Wildman–Crippen MR) is 123 cm³/mol. The van der Waals surface area contributed by atoms with Gasteiger partial charge in [0, 0.05) is 8.95 Å². The van der Waals surface area contributed by atoms with Crippen molar-refractivity contribution >= 4 is 43.8 Å². The van der Waals surface area contributed by atoms with Crippen LogP contribution in [0.5, 0.6) is 11.5 Å². The first-order chi connectivity index (χ1) is 15.1. The summed E-state index contributed by atoms with van der Waals surface area (Å²) in [5, 5.41) is 36.7. The third-order valence-corrected chi connectivity index (χ3v) is 3.64. The Morgan fingerprint density at radius 1 is 0.758 bits per heavy atom. The summed E-state index contributed by atoms with van der Waals surface area (Å²) in [7, 11) is 0. The SMILES string of the molecule is CCOC=CC(=O)[O-].CCOC=CC(=O)[O-].Oc1ccc(Br)cc1.Oc1ccc(Br)cc1.[Ti+2]. The van der Waals surface area contributed by atoms with Gasteiger partial charge in [-0.15, -0.1) is 0 Å². The van der Waals surface area contributed by atoms with Crippen LogP contribution in [0.15, 0.2) is 82.2 Å². The molecule has 0 heterocycles. The van der Waals surface area contributed by atoms with Crippen molar-refractivity contribution in [1.29, 1.82) is 0 Å². The third kappa shape index (κ3) is 29.7. The molecular weight excluding hydrogens is 600 g/mol. The van der Waals surface area contributed by atoms with Crippen molar-refractivity contribution in [2.45, 2.75) is 13.8 Å². The summed E-state index contributed by atoms with van der Waals surface area (Å²) in [5.41, 5.74) is 0. The van der Waals surface area contributed by atoms with E-state index in [9.17, 15) is 19.8 Å². The summed E-state index contributed by atoms with van der Waals surface area (Å²) < 4.78 is 11.0. The Morgan fingerprint density at radius 3 is 1.21 bits per heavy atom. The zero-order valence-corrected chi connectivity index (χ0v) is 22.7. The average molecular weight is 624 g/mol. The van der Waals surface area contributed by atoms with Crippen molar-refractivity contribution in [3.63, 3.8) is 0 Å². The van der Waals surface area contributed by atoms with Crippen LogP contribution >= 0.6 is 31.9 Å². The summed E-state index contributed by atoms with van der Waals surface area (Å²) in [6.45, 7) is 4.48. The van der Waals surface area contributed by atoms with E-state index in [1.54, 1.807) is 62.4 Å². The molecule has 0 bridgehead atoms. The molecule has 0 atom stereocenters. The maximum atomic E-state index is 9.60. The fourth-order valence-electron chi connectivity index (χ4n) is 1.28. The van der Waals surface area contributed by atoms with Crippen molar-refractivity contribution < 1.29 is 61.2 Å². The van der Waals surface area contributed by atoms with E-state index in [1.807, 2.05) is 0 Å². The molecule has 11 heteroatoms. The van der Waals surface area contributed by atoms with Gasteiger partial charge in [-0.2, -0.15) is 0 Å². The Bertz CT molecular complexity index is 699. The van der Waals surface area contributed by atoms with Crippen molar-refractivity contribution in [2.24, 2.45) is 0 Å². The van der Waals surface area contributed by atoms with Crippen LogP contribution in [0.3, 0.4) is 0 Å². The van der Waals surface area contributed by atoms with Gasteiger partial charge in [0.15, 0.2) is 0 Å². The van der Waals surface area contributed by atoms with Gasteiger partial charge in [-0.05, 0) is 74.5 Å².